The van der Waals surface area contributed by atoms with Gasteiger partial charge in [-0.25, -0.2) is 9.78 Å². The molecule has 4 rings (SSSR count). The molecule has 5 heteroatoms. The number of benzene rings is 1. The SMILES string of the molecule is C[C@H]1CCN(C(=O)NC2CC(c3ccccc3)C2)C[C@@H]1n1ccnc1. The van der Waals surface area contributed by atoms with Crippen molar-refractivity contribution in [3.63, 3.8) is 0 Å². The van der Waals surface area contributed by atoms with Crippen LogP contribution in [0.1, 0.15) is 43.7 Å². The largest absolute Gasteiger partial charge is 0.335 e. The van der Waals surface area contributed by atoms with Crippen molar-refractivity contribution in [1.82, 2.24) is 19.8 Å². The Balaban J connectivity index is 1.30. The first kappa shape index (κ1) is 16.2. The van der Waals surface area contributed by atoms with Crippen molar-refractivity contribution in [2.45, 2.75) is 44.2 Å². The van der Waals surface area contributed by atoms with Gasteiger partial charge in [-0.05, 0) is 36.7 Å². The number of nitrogens with zero attached hydrogens (tertiary/aromatic N) is 3. The average molecular weight is 338 g/mol. The number of carbonyl (C=O) groups is 1. The quantitative estimate of drug-likeness (QED) is 0.932. The highest BCUT2D eigenvalue weighted by atomic mass is 16.2. The van der Waals surface area contributed by atoms with Crippen LogP contribution in [0.15, 0.2) is 49.1 Å². The summed E-state index contributed by atoms with van der Waals surface area (Å²) in [7, 11) is 0. The van der Waals surface area contributed by atoms with Crippen LogP contribution in [0.2, 0.25) is 0 Å². The number of urea groups is 1. The van der Waals surface area contributed by atoms with Gasteiger partial charge in [-0.1, -0.05) is 37.3 Å². The van der Waals surface area contributed by atoms with Gasteiger partial charge in [-0.3, -0.25) is 0 Å². The van der Waals surface area contributed by atoms with Crippen molar-refractivity contribution in [2.75, 3.05) is 13.1 Å². The molecule has 1 aromatic heterocycles. The number of amides is 2. The molecule has 1 saturated heterocycles. The zero-order valence-corrected chi connectivity index (χ0v) is 14.7. The van der Waals surface area contributed by atoms with Crippen molar-refractivity contribution < 1.29 is 4.79 Å². The van der Waals surface area contributed by atoms with Crippen molar-refractivity contribution in [1.29, 1.82) is 0 Å². The smallest absolute Gasteiger partial charge is 0.317 e. The lowest BCUT2D eigenvalue weighted by Crippen LogP contribution is -2.52. The summed E-state index contributed by atoms with van der Waals surface area (Å²) in [5.41, 5.74) is 1.39. The third-order valence-electron chi connectivity index (χ3n) is 5.85. The van der Waals surface area contributed by atoms with Gasteiger partial charge in [-0.2, -0.15) is 0 Å². The molecule has 5 nitrogen and oxygen atoms in total. The van der Waals surface area contributed by atoms with Crippen molar-refractivity contribution in [3.8, 4) is 0 Å². The Bertz CT molecular complexity index is 694. The fraction of sp³-hybridized carbons (Fsp3) is 0.500. The Labute approximate surface area is 149 Å². The van der Waals surface area contributed by atoms with E-state index >= 15 is 0 Å². The van der Waals surface area contributed by atoms with Gasteiger partial charge in [-0.15, -0.1) is 0 Å². The van der Waals surface area contributed by atoms with E-state index in [9.17, 15) is 4.79 Å². The fourth-order valence-corrected chi connectivity index (χ4v) is 4.09. The molecule has 25 heavy (non-hydrogen) atoms. The van der Waals surface area contributed by atoms with Crippen LogP contribution >= 0.6 is 0 Å². The van der Waals surface area contributed by atoms with Gasteiger partial charge in [0.05, 0.1) is 12.4 Å². The molecule has 2 amide bonds. The Kier molecular flexibility index (Phi) is 4.47. The number of aromatic nitrogens is 2. The Morgan fingerprint density at radius 2 is 2.04 bits per heavy atom. The Hall–Kier alpha value is -2.30. The van der Waals surface area contributed by atoms with Crippen LogP contribution in [0.4, 0.5) is 4.79 Å². The lowest BCUT2D eigenvalue weighted by Gasteiger charge is -2.41. The molecule has 2 fully saturated rings. The first-order chi connectivity index (χ1) is 12.2. The minimum atomic E-state index is 0.0912. The second-order valence-corrected chi connectivity index (χ2v) is 7.51. The van der Waals surface area contributed by atoms with Crippen LogP contribution in [0.5, 0.6) is 0 Å². The summed E-state index contributed by atoms with van der Waals surface area (Å²) in [4.78, 5) is 18.8. The van der Waals surface area contributed by atoms with Crippen molar-refractivity contribution >= 4 is 6.03 Å². The highest BCUT2D eigenvalue weighted by Crippen LogP contribution is 2.37. The molecule has 1 aliphatic heterocycles. The average Bonchev–Trinajstić information content (AvgIpc) is 3.13. The van der Waals surface area contributed by atoms with E-state index in [-0.39, 0.29) is 6.03 Å². The second kappa shape index (κ2) is 6.90. The maximum absolute atomic E-state index is 12.7. The molecule has 0 unspecified atom stereocenters. The van der Waals surface area contributed by atoms with Gasteiger partial charge in [0.2, 0.25) is 0 Å². The first-order valence-electron chi connectivity index (χ1n) is 9.28. The lowest BCUT2D eigenvalue weighted by molar-refractivity contribution is 0.132. The molecule has 1 aromatic carbocycles. The summed E-state index contributed by atoms with van der Waals surface area (Å²) < 4.78 is 2.14. The van der Waals surface area contributed by atoms with Crippen molar-refractivity contribution in [3.05, 3.63) is 54.6 Å². The number of hydrogen-bond acceptors (Lipinski definition) is 2. The number of imidazole rings is 1. The zero-order chi connectivity index (χ0) is 17.2. The van der Waals surface area contributed by atoms with Gasteiger partial charge < -0.3 is 14.8 Å². The summed E-state index contributed by atoms with van der Waals surface area (Å²) in [6, 6.07) is 11.3. The number of hydrogen-bond donors (Lipinski definition) is 1. The minimum absolute atomic E-state index is 0.0912. The molecule has 2 heterocycles. The van der Waals surface area contributed by atoms with Crippen LogP contribution in [-0.2, 0) is 0 Å². The van der Waals surface area contributed by atoms with Crippen molar-refractivity contribution in [2.24, 2.45) is 5.92 Å². The third kappa shape index (κ3) is 3.41. The number of piperidine rings is 1. The summed E-state index contributed by atoms with van der Waals surface area (Å²) in [5, 5.41) is 3.23. The van der Waals surface area contributed by atoms with Gasteiger partial charge in [0, 0.05) is 31.5 Å². The van der Waals surface area contributed by atoms with E-state index in [4.69, 9.17) is 0 Å². The third-order valence-corrected chi connectivity index (χ3v) is 5.85. The summed E-state index contributed by atoms with van der Waals surface area (Å²) >= 11 is 0. The summed E-state index contributed by atoms with van der Waals surface area (Å²) in [5.74, 6) is 1.15. The fourth-order valence-electron chi connectivity index (χ4n) is 4.09. The monoisotopic (exact) mass is 338 g/mol. The molecule has 2 aromatic rings. The summed E-state index contributed by atoms with van der Waals surface area (Å²) in [6.45, 7) is 3.86. The zero-order valence-electron chi connectivity index (χ0n) is 14.7. The van der Waals surface area contributed by atoms with E-state index < -0.39 is 0 Å². The Morgan fingerprint density at radius 1 is 1.24 bits per heavy atom. The number of rotatable bonds is 3. The van der Waals surface area contributed by atoms with Crippen LogP contribution in [0, 0.1) is 5.92 Å². The van der Waals surface area contributed by atoms with Gasteiger partial charge >= 0.3 is 6.03 Å². The van der Waals surface area contributed by atoms with E-state index in [1.165, 1.54) is 5.56 Å². The van der Waals surface area contributed by atoms with E-state index in [1.54, 1.807) is 0 Å². The minimum Gasteiger partial charge on any atom is -0.335 e. The number of carbonyl (C=O) groups excluding carboxylic acids is 1. The van der Waals surface area contributed by atoms with E-state index in [0.717, 1.165) is 32.4 Å². The van der Waals surface area contributed by atoms with Crippen LogP contribution in [0.3, 0.4) is 0 Å². The molecule has 0 spiro atoms. The predicted molar refractivity (Wildman–Crippen MR) is 97.4 cm³/mol. The molecule has 1 aliphatic carbocycles. The highest BCUT2D eigenvalue weighted by Gasteiger charge is 2.34. The maximum atomic E-state index is 12.7. The lowest BCUT2D eigenvalue weighted by atomic mass is 9.76. The first-order valence-corrected chi connectivity index (χ1v) is 9.28. The van der Waals surface area contributed by atoms with Gasteiger partial charge in [0.15, 0.2) is 0 Å². The molecular weight excluding hydrogens is 312 g/mol. The second-order valence-electron chi connectivity index (χ2n) is 7.51. The molecule has 1 N–H and O–H groups in total. The summed E-state index contributed by atoms with van der Waals surface area (Å²) in [6.07, 6.45) is 8.80. The van der Waals surface area contributed by atoms with Crippen LogP contribution in [-0.4, -0.2) is 39.6 Å². The Morgan fingerprint density at radius 3 is 2.76 bits per heavy atom. The topological polar surface area (TPSA) is 50.2 Å². The normalized spacial score (nSPS) is 29.1. The van der Waals surface area contributed by atoms with Gasteiger partial charge in [0.1, 0.15) is 0 Å². The molecule has 1 saturated carbocycles. The predicted octanol–water partition coefficient (Wildman–Crippen LogP) is 3.42. The van der Waals surface area contributed by atoms with E-state index in [0.29, 0.717) is 23.9 Å². The molecule has 2 atom stereocenters. The highest BCUT2D eigenvalue weighted by molar-refractivity contribution is 5.74. The van der Waals surface area contributed by atoms with E-state index in [2.05, 4.69) is 52.1 Å². The molecule has 0 radical (unpaired) electrons. The number of nitrogens with one attached hydrogen (secondary N) is 1. The maximum Gasteiger partial charge on any atom is 0.317 e. The van der Waals surface area contributed by atoms with Crippen LogP contribution in [0.25, 0.3) is 0 Å². The number of likely N-dealkylation sites (tertiary alicyclic amines) is 1. The molecule has 0 bridgehead atoms. The molecular formula is C20H26N4O. The molecule has 132 valence electrons. The standard InChI is InChI=1S/C20H26N4O/c1-15-7-9-23(13-19(15)24-10-8-21-14-24)20(25)22-18-11-17(12-18)16-5-3-2-4-6-16/h2-6,8,10,14-15,17-19H,7,9,11-13H2,1H3,(H,22,25)/t15-,17?,18?,19-/m0/s1. The van der Waals surface area contributed by atoms with Gasteiger partial charge in [0.25, 0.3) is 0 Å². The van der Waals surface area contributed by atoms with E-state index in [1.807, 2.05) is 23.6 Å². The van der Waals surface area contributed by atoms with Crippen LogP contribution < -0.4 is 5.32 Å². The molecule has 2 aliphatic rings.